The third-order valence-corrected chi connectivity index (χ3v) is 5.12. The molecule has 2 rings (SSSR count). The fraction of sp³-hybridized carbons (Fsp3) is 0.533. The molecular weight excluding hydrogens is 286 g/mol. The molecule has 0 heterocycles. The van der Waals surface area contributed by atoms with Crippen molar-refractivity contribution in [3.63, 3.8) is 0 Å². The highest BCUT2D eigenvalue weighted by atomic mass is 32.2. The second kappa shape index (κ2) is 6.47. The van der Waals surface area contributed by atoms with Crippen LogP contribution in [0.25, 0.3) is 0 Å². The lowest BCUT2D eigenvalue weighted by Gasteiger charge is -2.25. The lowest BCUT2D eigenvalue weighted by molar-refractivity contribution is 0.315. The summed E-state index contributed by atoms with van der Waals surface area (Å²) >= 11 is 0. The Morgan fingerprint density at radius 3 is 2.67 bits per heavy atom. The number of rotatable bonds is 5. The van der Waals surface area contributed by atoms with Crippen molar-refractivity contribution >= 4 is 15.8 Å². The lowest BCUT2D eigenvalue weighted by Crippen LogP contribution is -2.37. The van der Waals surface area contributed by atoms with E-state index in [0.29, 0.717) is 17.4 Å². The van der Waals surface area contributed by atoms with E-state index in [4.69, 9.17) is 5.73 Å². The molecule has 0 amide bonds. The number of aliphatic imine (C=N–C) groups is 1. The molecule has 0 aliphatic heterocycles. The molecule has 1 aliphatic carbocycles. The van der Waals surface area contributed by atoms with Gasteiger partial charge in [-0.15, -0.1) is 0 Å². The number of guanidine groups is 1. The number of sulfone groups is 1. The highest BCUT2D eigenvalue weighted by Gasteiger charge is 2.16. The van der Waals surface area contributed by atoms with Gasteiger partial charge in [-0.25, -0.2) is 13.4 Å². The van der Waals surface area contributed by atoms with E-state index in [1.807, 2.05) is 6.07 Å². The van der Waals surface area contributed by atoms with Crippen molar-refractivity contribution in [2.75, 3.05) is 12.8 Å². The summed E-state index contributed by atoms with van der Waals surface area (Å²) in [5.74, 6) is 1.18. The maximum Gasteiger partial charge on any atom is 0.188 e. The van der Waals surface area contributed by atoms with Gasteiger partial charge < -0.3 is 11.1 Å². The van der Waals surface area contributed by atoms with Crippen LogP contribution in [0, 0.1) is 12.8 Å². The first-order valence-electron chi connectivity index (χ1n) is 7.19. The van der Waals surface area contributed by atoms with Gasteiger partial charge in [0, 0.05) is 12.8 Å². The summed E-state index contributed by atoms with van der Waals surface area (Å²) in [7, 11) is -3.17. The Morgan fingerprint density at radius 1 is 1.43 bits per heavy atom. The van der Waals surface area contributed by atoms with Gasteiger partial charge in [-0.1, -0.05) is 18.6 Å². The zero-order valence-electron chi connectivity index (χ0n) is 12.6. The summed E-state index contributed by atoms with van der Waals surface area (Å²) < 4.78 is 23.1. The minimum atomic E-state index is -3.17. The number of aryl methyl sites for hydroxylation is 1. The molecule has 21 heavy (non-hydrogen) atoms. The Kier molecular flexibility index (Phi) is 4.88. The highest BCUT2D eigenvalue weighted by Crippen LogP contribution is 2.25. The van der Waals surface area contributed by atoms with Crippen LogP contribution in [0.2, 0.25) is 0 Å². The van der Waals surface area contributed by atoms with E-state index < -0.39 is 9.84 Å². The quantitative estimate of drug-likeness (QED) is 0.639. The number of hydrogen-bond donors (Lipinski definition) is 2. The van der Waals surface area contributed by atoms with E-state index in [9.17, 15) is 8.42 Å². The molecule has 0 atom stereocenters. The second-order valence-corrected chi connectivity index (χ2v) is 7.74. The predicted octanol–water partition coefficient (Wildman–Crippen LogP) is 1.60. The fourth-order valence-corrected chi connectivity index (χ4v) is 3.36. The van der Waals surface area contributed by atoms with Crippen LogP contribution in [0.1, 0.15) is 30.4 Å². The fourth-order valence-electron chi connectivity index (χ4n) is 2.40. The van der Waals surface area contributed by atoms with Crippen molar-refractivity contribution in [1.29, 1.82) is 0 Å². The average Bonchev–Trinajstić information content (AvgIpc) is 2.33. The van der Waals surface area contributed by atoms with Crippen LogP contribution in [0.4, 0.5) is 0 Å². The molecule has 1 saturated carbocycles. The Bertz CT molecular complexity index is 634. The topological polar surface area (TPSA) is 84.5 Å². The number of nitrogens with zero attached hydrogens (tertiary/aromatic N) is 1. The molecule has 0 aromatic heterocycles. The molecular formula is C15H23N3O2S. The lowest BCUT2D eigenvalue weighted by atomic mass is 9.85. The Morgan fingerprint density at radius 2 is 2.14 bits per heavy atom. The van der Waals surface area contributed by atoms with Crippen molar-refractivity contribution in [3.8, 4) is 0 Å². The minimum absolute atomic E-state index is 0.367. The predicted molar refractivity (Wildman–Crippen MR) is 85.0 cm³/mol. The van der Waals surface area contributed by atoms with Crippen LogP contribution in [-0.4, -0.2) is 27.2 Å². The first-order chi connectivity index (χ1) is 9.86. The third-order valence-electron chi connectivity index (χ3n) is 3.87. The molecule has 1 fully saturated rings. The number of benzene rings is 1. The van der Waals surface area contributed by atoms with Gasteiger partial charge in [0.15, 0.2) is 15.8 Å². The number of nitrogens with two attached hydrogens (primary N) is 1. The van der Waals surface area contributed by atoms with E-state index in [0.717, 1.165) is 23.6 Å². The molecule has 5 nitrogen and oxygen atoms in total. The minimum Gasteiger partial charge on any atom is -0.370 e. The first kappa shape index (κ1) is 15.8. The summed E-state index contributed by atoms with van der Waals surface area (Å²) in [4.78, 5) is 4.66. The molecule has 0 radical (unpaired) electrons. The molecule has 0 bridgehead atoms. The van der Waals surface area contributed by atoms with Gasteiger partial charge in [0.05, 0.1) is 11.4 Å². The zero-order valence-corrected chi connectivity index (χ0v) is 13.4. The Balaban J connectivity index is 1.94. The van der Waals surface area contributed by atoms with Crippen molar-refractivity contribution < 1.29 is 8.42 Å². The number of hydrogen-bond acceptors (Lipinski definition) is 3. The summed E-state index contributed by atoms with van der Waals surface area (Å²) in [6.45, 7) is 3.14. The molecule has 0 spiro atoms. The standard InChI is InChI=1S/C15H23N3O2S/c1-11-8-13(6-7-14(11)21(2,19)20)10-18-15(16)17-9-12-4-3-5-12/h6-8,12H,3-5,9-10H2,1-2H3,(H3,16,17,18). The van der Waals surface area contributed by atoms with Gasteiger partial charge in [-0.3, -0.25) is 0 Å². The van der Waals surface area contributed by atoms with Crippen molar-refractivity contribution in [3.05, 3.63) is 29.3 Å². The molecule has 1 aliphatic rings. The van der Waals surface area contributed by atoms with Gasteiger partial charge >= 0.3 is 0 Å². The number of nitrogens with one attached hydrogen (secondary N) is 1. The van der Waals surface area contributed by atoms with Crippen molar-refractivity contribution in [2.45, 2.75) is 37.6 Å². The molecule has 0 unspecified atom stereocenters. The maximum atomic E-state index is 11.6. The largest absolute Gasteiger partial charge is 0.370 e. The molecule has 6 heteroatoms. The van der Waals surface area contributed by atoms with Crippen LogP contribution in [-0.2, 0) is 16.4 Å². The summed E-state index contributed by atoms with van der Waals surface area (Å²) in [6.07, 6.45) is 5.07. The van der Waals surface area contributed by atoms with Crippen LogP contribution in [0.3, 0.4) is 0 Å². The van der Waals surface area contributed by atoms with E-state index >= 15 is 0 Å². The zero-order chi connectivity index (χ0) is 15.5. The Hall–Kier alpha value is -1.56. The van der Waals surface area contributed by atoms with Crippen LogP contribution < -0.4 is 11.1 Å². The van der Waals surface area contributed by atoms with Gasteiger partial charge in [0.2, 0.25) is 0 Å². The monoisotopic (exact) mass is 309 g/mol. The van der Waals surface area contributed by atoms with Crippen LogP contribution >= 0.6 is 0 Å². The molecule has 0 saturated heterocycles. The average molecular weight is 309 g/mol. The van der Waals surface area contributed by atoms with Crippen molar-refractivity contribution in [2.24, 2.45) is 16.6 Å². The van der Waals surface area contributed by atoms with Crippen LogP contribution in [0.5, 0.6) is 0 Å². The van der Waals surface area contributed by atoms with E-state index in [-0.39, 0.29) is 0 Å². The summed E-state index contributed by atoms with van der Waals surface area (Å²) in [5, 5.41) is 3.14. The normalized spacial score (nSPS) is 16.6. The van der Waals surface area contributed by atoms with E-state index in [2.05, 4.69) is 10.3 Å². The van der Waals surface area contributed by atoms with E-state index in [1.54, 1.807) is 19.1 Å². The van der Waals surface area contributed by atoms with Crippen LogP contribution in [0.15, 0.2) is 28.1 Å². The highest BCUT2D eigenvalue weighted by molar-refractivity contribution is 7.90. The summed E-state index contributed by atoms with van der Waals surface area (Å²) in [5.41, 5.74) is 7.52. The molecule has 116 valence electrons. The third kappa shape index (κ3) is 4.46. The van der Waals surface area contributed by atoms with Gasteiger partial charge in [0.25, 0.3) is 0 Å². The Labute approximate surface area is 126 Å². The smallest absolute Gasteiger partial charge is 0.188 e. The molecule has 1 aromatic carbocycles. The van der Waals surface area contributed by atoms with Crippen molar-refractivity contribution in [1.82, 2.24) is 5.32 Å². The molecule has 3 N–H and O–H groups in total. The molecule has 1 aromatic rings. The second-order valence-electron chi connectivity index (χ2n) is 5.75. The first-order valence-corrected chi connectivity index (χ1v) is 9.09. The summed E-state index contributed by atoms with van der Waals surface area (Å²) in [6, 6.07) is 5.26. The van der Waals surface area contributed by atoms with Gasteiger partial charge in [0.1, 0.15) is 0 Å². The van der Waals surface area contributed by atoms with Gasteiger partial charge in [-0.05, 0) is 42.9 Å². The SMILES string of the molecule is Cc1cc(CN=C(N)NCC2CCC2)ccc1S(C)(=O)=O. The van der Waals surface area contributed by atoms with Gasteiger partial charge in [-0.2, -0.15) is 0 Å². The maximum absolute atomic E-state index is 11.6. The van der Waals surface area contributed by atoms with E-state index in [1.165, 1.54) is 25.5 Å².